The molecule has 0 atom stereocenters. The molecule has 0 saturated carbocycles. The Morgan fingerprint density at radius 3 is 2.55 bits per heavy atom. The van der Waals surface area contributed by atoms with Gasteiger partial charge in [-0.25, -0.2) is 9.97 Å². The zero-order valence-corrected chi connectivity index (χ0v) is 16.1. The molecule has 3 N–H and O–H groups in total. The van der Waals surface area contributed by atoms with E-state index in [4.69, 9.17) is 15.7 Å². The zero-order valence-electron chi connectivity index (χ0n) is 16.1. The summed E-state index contributed by atoms with van der Waals surface area (Å²) < 4.78 is 0. The van der Waals surface area contributed by atoms with Gasteiger partial charge in [0.05, 0.1) is 0 Å². The third-order valence-electron chi connectivity index (χ3n) is 5.64. The molecule has 1 aromatic carbocycles. The molecule has 8 nitrogen and oxygen atoms in total. The topological polar surface area (TPSA) is 104 Å². The van der Waals surface area contributed by atoms with Gasteiger partial charge in [0.2, 0.25) is 0 Å². The van der Waals surface area contributed by atoms with Crippen LogP contribution < -0.4 is 10.6 Å². The maximum Gasteiger partial charge on any atom is 0.272 e. The summed E-state index contributed by atoms with van der Waals surface area (Å²) in [6.07, 6.45) is 3.14. The van der Waals surface area contributed by atoms with Crippen molar-refractivity contribution in [3.8, 4) is 11.4 Å². The summed E-state index contributed by atoms with van der Waals surface area (Å²) in [5.74, 6) is 2.08. The monoisotopic (exact) mass is 389 g/mol. The number of aryl methyl sites for hydroxylation is 1. The van der Waals surface area contributed by atoms with Gasteiger partial charge in [-0.3, -0.25) is 9.89 Å². The van der Waals surface area contributed by atoms with Crippen LogP contribution in [0.15, 0.2) is 36.4 Å². The third kappa shape index (κ3) is 3.30. The number of rotatable bonds is 3. The molecule has 3 heterocycles. The molecular formula is C21H23N7O. The average molecular weight is 389 g/mol. The standard InChI is InChI=1S/C21H23N7O/c22-18-13-17(25-26-18)21(29)28-11-9-27(10-12-28)20-15-7-4-8-16(15)23-19(24-20)14-5-2-1-3-6-14/h1-3,5-6,13H,4,7-12H2,(H3,22,25,26). The maximum absolute atomic E-state index is 12.6. The number of amides is 1. The Labute approximate surface area is 168 Å². The van der Waals surface area contributed by atoms with E-state index in [0.717, 1.165) is 49.6 Å². The van der Waals surface area contributed by atoms with Gasteiger partial charge in [-0.15, -0.1) is 0 Å². The van der Waals surface area contributed by atoms with E-state index in [1.165, 1.54) is 11.3 Å². The number of nitrogens with zero attached hydrogens (tertiary/aromatic N) is 5. The second-order valence-electron chi connectivity index (χ2n) is 7.50. The summed E-state index contributed by atoms with van der Waals surface area (Å²) in [7, 11) is 0. The van der Waals surface area contributed by atoms with Crippen molar-refractivity contribution >= 4 is 17.5 Å². The number of hydrogen-bond acceptors (Lipinski definition) is 6. The second-order valence-corrected chi connectivity index (χ2v) is 7.50. The summed E-state index contributed by atoms with van der Waals surface area (Å²) in [6, 6.07) is 11.7. The molecule has 3 aromatic rings. The van der Waals surface area contributed by atoms with Gasteiger partial charge in [0.15, 0.2) is 5.82 Å². The zero-order chi connectivity index (χ0) is 19.8. The van der Waals surface area contributed by atoms with E-state index in [9.17, 15) is 4.79 Å². The van der Waals surface area contributed by atoms with Crippen molar-refractivity contribution in [1.82, 2.24) is 25.1 Å². The van der Waals surface area contributed by atoms with Gasteiger partial charge in [-0.2, -0.15) is 5.10 Å². The van der Waals surface area contributed by atoms with E-state index in [2.05, 4.69) is 15.1 Å². The van der Waals surface area contributed by atoms with Crippen molar-refractivity contribution in [1.29, 1.82) is 0 Å². The lowest BCUT2D eigenvalue weighted by Gasteiger charge is -2.36. The summed E-state index contributed by atoms with van der Waals surface area (Å²) in [5, 5.41) is 6.56. The molecule has 1 fully saturated rings. The highest BCUT2D eigenvalue weighted by Crippen LogP contribution is 2.32. The SMILES string of the molecule is Nc1cc(C(=O)N2CCN(c3nc(-c4ccccc4)nc4c3CCC4)CC2)[nH]n1. The van der Waals surface area contributed by atoms with Crippen LogP contribution in [0.1, 0.15) is 28.2 Å². The molecular weight excluding hydrogens is 366 g/mol. The lowest BCUT2D eigenvalue weighted by atomic mass is 10.1. The third-order valence-corrected chi connectivity index (χ3v) is 5.64. The van der Waals surface area contributed by atoms with Crippen LogP contribution in [0.25, 0.3) is 11.4 Å². The van der Waals surface area contributed by atoms with E-state index in [1.54, 1.807) is 6.07 Å². The van der Waals surface area contributed by atoms with E-state index in [0.29, 0.717) is 24.6 Å². The molecule has 0 radical (unpaired) electrons. The lowest BCUT2D eigenvalue weighted by Crippen LogP contribution is -2.49. The summed E-state index contributed by atoms with van der Waals surface area (Å²) in [5.41, 5.74) is 9.53. The Balaban J connectivity index is 1.38. The lowest BCUT2D eigenvalue weighted by molar-refractivity contribution is 0.0740. The van der Waals surface area contributed by atoms with Crippen molar-refractivity contribution in [3.05, 3.63) is 53.3 Å². The molecule has 8 heteroatoms. The Morgan fingerprint density at radius 2 is 1.83 bits per heavy atom. The van der Waals surface area contributed by atoms with Crippen LogP contribution in [0.5, 0.6) is 0 Å². The van der Waals surface area contributed by atoms with Crippen molar-refractivity contribution in [2.45, 2.75) is 19.3 Å². The Morgan fingerprint density at radius 1 is 1.03 bits per heavy atom. The molecule has 1 saturated heterocycles. The van der Waals surface area contributed by atoms with E-state index in [-0.39, 0.29) is 5.91 Å². The number of hydrogen-bond donors (Lipinski definition) is 2. The Bertz CT molecular complexity index is 1040. The predicted octanol–water partition coefficient (Wildman–Crippen LogP) is 1.90. The number of carbonyl (C=O) groups is 1. The highest BCUT2D eigenvalue weighted by molar-refractivity contribution is 5.93. The molecule has 1 aliphatic carbocycles. The first kappa shape index (κ1) is 17.7. The fourth-order valence-electron chi connectivity index (χ4n) is 4.13. The highest BCUT2D eigenvalue weighted by Gasteiger charge is 2.28. The van der Waals surface area contributed by atoms with Gasteiger partial charge >= 0.3 is 0 Å². The molecule has 2 aliphatic rings. The Kier molecular flexibility index (Phi) is 4.38. The number of nitrogens with one attached hydrogen (secondary N) is 1. The van der Waals surface area contributed by atoms with Gasteiger partial charge in [-0.1, -0.05) is 30.3 Å². The molecule has 1 amide bonds. The van der Waals surface area contributed by atoms with Crippen molar-refractivity contribution in [3.63, 3.8) is 0 Å². The van der Waals surface area contributed by atoms with Gasteiger partial charge in [0.25, 0.3) is 5.91 Å². The van der Waals surface area contributed by atoms with Gasteiger partial charge in [0, 0.05) is 49.1 Å². The number of aromatic nitrogens is 4. The van der Waals surface area contributed by atoms with Crippen LogP contribution in [-0.2, 0) is 12.8 Å². The van der Waals surface area contributed by atoms with Crippen LogP contribution in [0.3, 0.4) is 0 Å². The normalized spacial score (nSPS) is 16.1. The van der Waals surface area contributed by atoms with Crippen LogP contribution in [0.4, 0.5) is 11.6 Å². The maximum atomic E-state index is 12.6. The van der Waals surface area contributed by atoms with E-state index < -0.39 is 0 Å². The molecule has 0 unspecified atom stereocenters. The number of aromatic amines is 1. The fourth-order valence-corrected chi connectivity index (χ4v) is 4.13. The number of nitrogens with two attached hydrogens (primary N) is 1. The largest absolute Gasteiger partial charge is 0.382 e. The number of anilines is 2. The van der Waals surface area contributed by atoms with Crippen molar-refractivity contribution < 1.29 is 4.79 Å². The second kappa shape index (κ2) is 7.20. The van der Waals surface area contributed by atoms with Gasteiger partial charge < -0.3 is 15.5 Å². The quantitative estimate of drug-likeness (QED) is 0.709. The minimum Gasteiger partial charge on any atom is -0.382 e. The van der Waals surface area contributed by atoms with Crippen molar-refractivity contribution in [2.24, 2.45) is 0 Å². The summed E-state index contributed by atoms with van der Waals surface area (Å²) in [4.78, 5) is 26.6. The Hall–Kier alpha value is -3.42. The molecule has 5 rings (SSSR count). The van der Waals surface area contributed by atoms with Crippen LogP contribution >= 0.6 is 0 Å². The molecule has 0 bridgehead atoms. The first-order chi connectivity index (χ1) is 14.2. The predicted molar refractivity (Wildman–Crippen MR) is 111 cm³/mol. The first-order valence-corrected chi connectivity index (χ1v) is 9.99. The molecule has 0 spiro atoms. The minimum absolute atomic E-state index is 0.0632. The smallest absolute Gasteiger partial charge is 0.272 e. The average Bonchev–Trinajstić information content (AvgIpc) is 3.42. The molecule has 2 aromatic heterocycles. The summed E-state index contributed by atoms with van der Waals surface area (Å²) in [6.45, 7) is 2.76. The highest BCUT2D eigenvalue weighted by atomic mass is 16.2. The fraction of sp³-hybridized carbons (Fsp3) is 0.333. The number of H-pyrrole nitrogens is 1. The number of fused-ring (bicyclic) bond motifs is 1. The van der Waals surface area contributed by atoms with E-state index in [1.807, 2.05) is 35.2 Å². The molecule has 1 aliphatic heterocycles. The number of nitrogen functional groups attached to an aromatic ring is 1. The molecule has 29 heavy (non-hydrogen) atoms. The summed E-state index contributed by atoms with van der Waals surface area (Å²) >= 11 is 0. The van der Waals surface area contributed by atoms with Gasteiger partial charge in [-0.05, 0) is 19.3 Å². The van der Waals surface area contributed by atoms with Crippen LogP contribution in [-0.4, -0.2) is 57.2 Å². The minimum atomic E-state index is -0.0632. The van der Waals surface area contributed by atoms with Crippen LogP contribution in [0.2, 0.25) is 0 Å². The van der Waals surface area contributed by atoms with Crippen LogP contribution in [0, 0.1) is 0 Å². The molecule has 148 valence electrons. The number of benzene rings is 1. The van der Waals surface area contributed by atoms with Gasteiger partial charge in [0.1, 0.15) is 17.3 Å². The number of piperazine rings is 1. The first-order valence-electron chi connectivity index (χ1n) is 9.99. The van der Waals surface area contributed by atoms with E-state index >= 15 is 0 Å². The van der Waals surface area contributed by atoms with Crippen molar-refractivity contribution in [2.75, 3.05) is 36.8 Å². The number of carbonyl (C=O) groups excluding carboxylic acids is 1.